The molecular formula is C29H32N2O2. The van der Waals surface area contributed by atoms with Crippen LogP contribution in [-0.2, 0) is 4.74 Å². The lowest BCUT2D eigenvalue weighted by Crippen LogP contribution is -2.40. The number of hydrogen-bond donors (Lipinski definition) is 2. The van der Waals surface area contributed by atoms with Crippen molar-refractivity contribution in [2.24, 2.45) is 28.7 Å². The van der Waals surface area contributed by atoms with Crippen LogP contribution in [0, 0.1) is 23.7 Å². The van der Waals surface area contributed by atoms with Crippen LogP contribution in [0.4, 0.5) is 0 Å². The van der Waals surface area contributed by atoms with Gasteiger partial charge in [0.05, 0.1) is 11.8 Å². The normalized spacial score (nSPS) is 32.0. The van der Waals surface area contributed by atoms with E-state index in [2.05, 4.69) is 41.8 Å². The minimum absolute atomic E-state index is 0.0542. The fraction of sp³-hybridized carbons (Fsp3) is 0.414. The number of phenolic OH excluding ortho intramolecular Hbond substituents is 1. The van der Waals surface area contributed by atoms with Crippen LogP contribution in [0.2, 0.25) is 0 Å². The molecular weight excluding hydrogens is 408 g/mol. The number of rotatable bonds is 4. The third-order valence-electron chi connectivity index (χ3n) is 7.81. The maximum atomic E-state index is 10.5. The van der Waals surface area contributed by atoms with Gasteiger partial charge in [0.25, 0.3) is 0 Å². The van der Waals surface area contributed by atoms with Gasteiger partial charge < -0.3 is 15.2 Å². The molecule has 5 unspecified atom stereocenters. The minimum Gasteiger partial charge on any atom is -0.508 e. The van der Waals surface area contributed by atoms with E-state index in [-0.39, 0.29) is 18.0 Å². The number of phenols is 1. The van der Waals surface area contributed by atoms with Crippen molar-refractivity contribution in [3.05, 3.63) is 88.9 Å². The highest BCUT2D eigenvalue weighted by Crippen LogP contribution is 2.54. The lowest BCUT2D eigenvalue weighted by molar-refractivity contribution is 0.124. The van der Waals surface area contributed by atoms with Gasteiger partial charge in [0.15, 0.2) is 12.0 Å². The first kappa shape index (κ1) is 20.6. The van der Waals surface area contributed by atoms with Gasteiger partial charge in [-0.05, 0) is 80.4 Å². The average Bonchev–Trinajstić information content (AvgIpc) is 2.82. The monoisotopic (exact) mass is 440 g/mol. The van der Waals surface area contributed by atoms with Gasteiger partial charge in [-0.2, -0.15) is 0 Å². The first-order chi connectivity index (χ1) is 16.1. The largest absolute Gasteiger partial charge is 0.508 e. The fourth-order valence-corrected chi connectivity index (χ4v) is 6.50. The molecule has 2 N–H and O–H groups in total. The molecule has 1 aromatic carbocycles. The van der Waals surface area contributed by atoms with Gasteiger partial charge in [-0.1, -0.05) is 54.2 Å². The van der Waals surface area contributed by atoms with Gasteiger partial charge in [0, 0.05) is 11.6 Å². The number of aromatic hydroxyl groups is 1. The second-order valence-electron chi connectivity index (χ2n) is 10.2. The van der Waals surface area contributed by atoms with Crippen LogP contribution in [0.5, 0.6) is 5.75 Å². The molecule has 5 aliphatic rings. The Morgan fingerprint density at radius 2 is 2.00 bits per heavy atom. The maximum Gasteiger partial charge on any atom is 0.190 e. The molecule has 1 fully saturated rings. The Bertz CT molecular complexity index is 1150. The summed E-state index contributed by atoms with van der Waals surface area (Å²) in [4.78, 5) is 5.12. The van der Waals surface area contributed by atoms with E-state index in [9.17, 15) is 5.11 Å². The number of hydrogen-bond acceptors (Lipinski definition) is 4. The number of aliphatic imine (C=N–C) groups is 1. The maximum absolute atomic E-state index is 10.5. The van der Waals surface area contributed by atoms with Crippen molar-refractivity contribution in [2.45, 2.75) is 51.8 Å². The summed E-state index contributed by atoms with van der Waals surface area (Å²) >= 11 is 0. The Morgan fingerprint density at radius 1 is 1.12 bits per heavy atom. The van der Waals surface area contributed by atoms with Crippen LogP contribution in [0.15, 0.2) is 88.3 Å². The third-order valence-corrected chi connectivity index (χ3v) is 7.81. The Kier molecular flexibility index (Phi) is 5.05. The summed E-state index contributed by atoms with van der Waals surface area (Å²) < 4.78 is 6.11. The van der Waals surface area contributed by atoms with E-state index >= 15 is 0 Å². The Morgan fingerprint density at radius 3 is 2.85 bits per heavy atom. The first-order valence-electron chi connectivity index (χ1n) is 12.4. The van der Waals surface area contributed by atoms with E-state index in [1.54, 1.807) is 11.6 Å². The highest BCUT2D eigenvalue weighted by Gasteiger charge is 2.45. The molecule has 1 heterocycles. The summed E-state index contributed by atoms with van der Waals surface area (Å²) in [5, 5.41) is 13.9. The first-order valence-corrected chi connectivity index (χ1v) is 12.4. The van der Waals surface area contributed by atoms with E-state index in [0.717, 1.165) is 23.6 Å². The van der Waals surface area contributed by atoms with Crippen molar-refractivity contribution in [3.63, 3.8) is 0 Å². The van der Waals surface area contributed by atoms with Crippen LogP contribution < -0.4 is 5.32 Å². The van der Waals surface area contributed by atoms with Gasteiger partial charge in [0.1, 0.15) is 5.75 Å². The Hall–Kier alpha value is -3.01. The molecule has 0 radical (unpaired) electrons. The zero-order chi connectivity index (χ0) is 22.5. The molecule has 5 atom stereocenters. The molecule has 170 valence electrons. The molecule has 4 aliphatic carbocycles. The van der Waals surface area contributed by atoms with Gasteiger partial charge in [-0.25, -0.2) is 0 Å². The lowest BCUT2D eigenvalue weighted by atomic mass is 9.56. The highest BCUT2D eigenvalue weighted by molar-refractivity contribution is 6.09. The number of benzene rings is 1. The van der Waals surface area contributed by atoms with Gasteiger partial charge in [0.2, 0.25) is 0 Å². The van der Waals surface area contributed by atoms with Crippen LogP contribution >= 0.6 is 0 Å². The number of nitrogens with one attached hydrogen (secondary N) is 1. The highest BCUT2D eigenvalue weighted by atomic mass is 16.5. The molecule has 0 amide bonds. The molecule has 33 heavy (non-hydrogen) atoms. The van der Waals surface area contributed by atoms with E-state index in [1.807, 2.05) is 32.0 Å². The molecule has 0 spiro atoms. The summed E-state index contributed by atoms with van der Waals surface area (Å²) in [6.45, 7) is 4.07. The summed E-state index contributed by atoms with van der Waals surface area (Å²) in [5.41, 5.74) is 6.29. The predicted molar refractivity (Wildman–Crippen MR) is 132 cm³/mol. The van der Waals surface area contributed by atoms with Crippen molar-refractivity contribution in [3.8, 4) is 5.75 Å². The minimum atomic E-state index is -0.367. The zero-order valence-electron chi connectivity index (χ0n) is 19.4. The van der Waals surface area contributed by atoms with Crippen LogP contribution in [0.25, 0.3) is 0 Å². The fourth-order valence-electron chi connectivity index (χ4n) is 6.50. The van der Waals surface area contributed by atoms with E-state index < -0.39 is 0 Å². The lowest BCUT2D eigenvalue weighted by Gasteiger charge is -2.48. The molecule has 0 saturated heterocycles. The number of para-hydroxylation sites is 1. The molecule has 6 rings (SSSR count). The predicted octanol–water partition coefficient (Wildman–Crippen LogP) is 6.12. The van der Waals surface area contributed by atoms with Crippen molar-refractivity contribution in [2.75, 3.05) is 0 Å². The Labute approximate surface area is 196 Å². The molecule has 1 aliphatic heterocycles. The summed E-state index contributed by atoms with van der Waals surface area (Å²) in [7, 11) is 0. The van der Waals surface area contributed by atoms with Crippen molar-refractivity contribution < 1.29 is 9.84 Å². The van der Waals surface area contributed by atoms with Gasteiger partial charge in [-0.15, -0.1) is 0 Å². The Balaban J connectivity index is 1.41. The molecule has 1 saturated carbocycles. The van der Waals surface area contributed by atoms with Crippen molar-refractivity contribution >= 4 is 5.71 Å². The molecule has 1 aromatic rings. The number of nitrogens with zero attached hydrogens (tertiary/aromatic N) is 1. The van der Waals surface area contributed by atoms with Crippen molar-refractivity contribution in [1.82, 2.24) is 5.32 Å². The van der Waals surface area contributed by atoms with E-state index in [1.165, 1.54) is 30.4 Å². The van der Waals surface area contributed by atoms with Gasteiger partial charge in [-0.3, -0.25) is 4.99 Å². The van der Waals surface area contributed by atoms with Crippen LogP contribution in [0.3, 0.4) is 0 Å². The summed E-state index contributed by atoms with van der Waals surface area (Å²) in [6.07, 6.45) is 18.4. The second kappa shape index (κ2) is 8.09. The van der Waals surface area contributed by atoms with Crippen LogP contribution in [0.1, 0.15) is 51.3 Å². The molecule has 4 nitrogen and oxygen atoms in total. The second-order valence-corrected chi connectivity index (χ2v) is 10.2. The zero-order valence-corrected chi connectivity index (χ0v) is 19.4. The summed E-state index contributed by atoms with van der Waals surface area (Å²) in [5.74, 6) is 3.35. The molecule has 0 aromatic heterocycles. The van der Waals surface area contributed by atoms with E-state index in [4.69, 9.17) is 9.73 Å². The molecule has 0 bridgehead atoms. The topological polar surface area (TPSA) is 53.9 Å². The molecule has 4 heteroatoms. The third kappa shape index (κ3) is 3.56. The SMILES string of the molecule is CC(C)OC1=CC(C2=CCC3C=CC4=C5C(CC=C4)CCC2C53)=NC(c2ccccc2O)N1. The van der Waals surface area contributed by atoms with Crippen LogP contribution in [-0.4, -0.2) is 16.9 Å². The number of ether oxygens (including phenoxy) is 1. The van der Waals surface area contributed by atoms with Crippen molar-refractivity contribution in [1.29, 1.82) is 0 Å². The van der Waals surface area contributed by atoms with Gasteiger partial charge >= 0.3 is 0 Å². The quantitative estimate of drug-likeness (QED) is 0.593. The summed E-state index contributed by atoms with van der Waals surface area (Å²) in [6, 6.07) is 7.44. The standard InChI is InChI=1S/C29H32N2O2/c1-17(2)33-26-16-24(30-29(31-26)23-8-3-4-9-25(23)32)21-14-12-20-11-10-18-6-5-7-19-13-15-22(21)28(20)27(18)19/h3-6,8-11,14,16-17,19-20,22,28-29,31-32H,7,12-13,15H2,1-2H3. The van der Waals surface area contributed by atoms with E-state index in [0.29, 0.717) is 23.7 Å². The smallest absolute Gasteiger partial charge is 0.190 e. The number of allylic oxidation sites excluding steroid dienone is 9. The average molecular weight is 441 g/mol.